The quantitative estimate of drug-likeness (QED) is 0.166. The molecule has 8 aromatic carbocycles. The van der Waals surface area contributed by atoms with Gasteiger partial charge in [-0.05, 0) is 48.5 Å². The van der Waals surface area contributed by atoms with Gasteiger partial charge in [-0.2, -0.15) is 0 Å². The Bertz CT molecular complexity index is 3910. The Morgan fingerprint density at radius 2 is 1.02 bits per heavy atom. The minimum absolute atomic E-state index is 0.552. The molecule has 0 unspecified atom stereocenters. The molecule has 7 nitrogen and oxygen atoms in total. The summed E-state index contributed by atoms with van der Waals surface area (Å²) in [6.07, 6.45) is 0. The van der Waals surface area contributed by atoms with Crippen LogP contribution in [0.5, 0.6) is 0 Å². The summed E-state index contributed by atoms with van der Waals surface area (Å²) in [5, 5.41) is 5.25. The molecule has 5 aromatic heterocycles. The van der Waals surface area contributed by atoms with Crippen molar-refractivity contribution >= 4 is 75.4 Å². The smallest absolute Gasteiger partial charge is 0.164 e. The van der Waals surface area contributed by atoms with Crippen molar-refractivity contribution in [3.05, 3.63) is 194 Å². The van der Waals surface area contributed by atoms with Gasteiger partial charge in [-0.3, -0.25) is 0 Å². The van der Waals surface area contributed by atoms with Gasteiger partial charge in [0.15, 0.2) is 23.3 Å². The molecular formula is C55H32N6OS. The molecule has 0 bridgehead atoms. The summed E-state index contributed by atoms with van der Waals surface area (Å²) in [5.41, 5.74) is 11.2. The minimum Gasteiger partial charge on any atom is -0.456 e. The minimum atomic E-state index is 0.552. The fourth-order valence-corrected chi connectivity index (χ4v) is 10.2. The van der Waals surface area contributed by atoms with E-state index in [2.05, 4.69) is 138 Å². The normalized spacial score (nSPS) is 11.8. The van der Waals surface area contributed by atoms with Gasteiger partial charge in [0.05, 0.1) is 26.9 Å². The Balaban J connectivity index is 0.999. The first-order valence-electron chi connectivity index (χ1n) is 20.8. The summed E-state index contributed by atoms with van der Waals surface area (Å²) in [6, 6.07) is 66.7. The summed E-state index contributed by atoms with van der Waals surface area (Å²) >= 11 is 1.73. The predicted octanol–water partition coefficient (Wildman–Crippen LogP) is 14.4. The van der Waals surface area contributed by atoms with Gasteiger partial charge >= 0.3 is 0 Å². The molecule has 294 valence electrons. The van der Waals surface area contributed by atoms with Gasteiger partial charge in [-0.25, -0.2) is 24.9 Å². The number of thiophene rings is 1. The Hall–Kier alpha value is -8.33. The Labute approximate surface area is 364 Å². The third-order valence-electron chi connectivity index (χ3n) is 11.9. The van der Waals surface area contributed by atoms with E-state index in [4.69, 9.17) is 29.3 Å². The van der Waals surface area contributed by atoms with E-state index in [-0.39, 0.29) is 0 Å². The topological polar surface area (TPSA) is 82.5 Å². The molecule has 8 heteroatoms. The van der Waals surface area contributed by atoms with E-state index in [1.54, 1.807) is 11.3 Å². The molecule has 0 aliphatic heterocycles. The lowest BCUT2D eigenvalue weighted by Gasteiger charge is -2.10. The van der Waals surface area contributed by atoms with Gasteiger partial charge in [-0.1, -0.05) is 146 Å². The Morgan fingerprint density at radius 1 is 0.397 bits per heavy atom. The second-order valence-corrected chi connectivity index (χ2v) is 16.6. The second-order valence-electron chi connectivity index (χ2n) is 15.6. The van der Waals surface area contributed by atoms with Crippen LogP contribution < -0.4 is 0 Å². The van der Waals surface area contributed by atoms with Gasteiger partial charge in [0, 0.05) is 65.1 Å². The highest BCUT2D eigenvalue weighted by molar-refractivity contribution is 7.26. The van der Waals surface area contributed by atoms with Gasteiger partial charge in [0.25, 0.3) is 0 Å². The molecule has 0 aliphatic carbocycles. The first kappa shape index (κ1) is 35.4. The van der Waals surface area contributed by atoms with E-state index in [9.17, 15) is 0 Å². The van der Waals surface area contributed by atoms with Crippen LogP contribution in [0.4, 0.5) is 0 Å². The van der Waals surface area contributed by atoms with Crippen LogP contribution in [-0.2, 0) is 0 Å². The molecule has 5 heterocycles. The van der Waals surface area contributed by atoms with E-state index in [0.29, 0.717) is 23.3 Å². The monoisotopic (exact) mass is 824 g/mol. The van der Waals surface area contributed by atoms with Crippen LogP contribution in [0.2, 0.25) is 0 Å². The molecule has 0 aliphatic rings. The number of furan rings is 1. The number of hydrogen-bond acceptors (Lipinski definition) is 7. The Kier molecular flexibility index (Phi) is 7.94. The lowest BCUT2D eigenvalue weighted by Crippen LogP contribution is -2.00. The Morgan fingerprint density at radius 3 is 1.83 bits per heavy atom. The molecule has 0 radical (unpaired) electrons. The number of rotatable bonds is 6. The number of benzene rings is 8. The first-order chi connectivity index (χ1) is 31.2. The molecule has 0 saturated carbocycles. The van der Waals surface area contributed by atoms with Crippen molar-refractivity contribution in [2.24, 2.45) is 0 Å². The van der Waals surface area contributed by atoms with Crippen LogP contribution in [0.25, 0.3) is 127 Å². The maximum atomic E-state index is 6.69. The van der Waals surface area contributed by atoms with E-state index in [0.717, 1.165) is 98.5 Å². The first-order valence-corrected chi connectivity index (χ1v) is 21.7. The zero-order valence-electron chi connectivity index (χ0n) is 33.5. The van der Waals surface area contributed by atoms with Crippen LogP contribution in [0.1, 0.15) is 0 Å². The van der Waals surface area contributed by atoms with Gasteiger partial charge in [0.2, 0.25) is 0 Å². The molecule has 0 N–H and O–H groups in total. The van der Waals surface area contributed by atoms with Crippen LogP contribution >= 0.6 is 11.3 Å². The maximum absolute atomic E-state index is 6.69. The van der Waals surface area contributed by atoms with Crippen molar-refractivity contribution in [2.75, 3.05) is 0 Å². The van der Waals surface area contributed by atoms with E-state index in [1.807, 2.05) is 60.7 Å². The highest BCUT2D eigenvalue weighted by Crippen LogP contribution is 2.43. The standard InChI is InChI=1S/C55H32N6OS/c1-4-16-33(17-5-1)49-51-50(39-23-11-13-29-46(39)63-51)57-54(56-49)41-25-15-28-44-48(41)38-31-30-35(32-45(38)62-44)53-58-52(34-18-6-2-7-19-34)59-55(60-53)40-24-14-27-43-47(40)37-22-10-12-26-42(37)61(43)36-20-8-3-9-21-36/h1-32H. The average molecular weight is 825 g/mol. The van der Waals surface area contributed by atoms with Gasteiger partial charge < -0.3 is 8.98 Å². The average Bonchev–Trinajstić information content (AvgIpc) is 4.04. The lowest BCUT2D eigenvalue weighted by atomic mass is 10.0. The molecule has 0 saturated heterocycles. The largest absolute Gasteiger partial charge is 0.456 e. The number of para-hydroxylation sites is 2. The lowest BCUT2D eigenvalue weighted by molar-refractivity contribution is 0.669. The van der Waals surface area contributed by atoms with Crippen molar-refractivity contribution in [2.45, 2.75) is 0 Å². The SMILES string of the molecule is c1ccc(-c2nc(-c3ccc4c(c3)oc3cccc(-c5nc(-c6ccccc6)c6sc7ccccc7c6n5)c34)nc(-c3cccc4c3c3ccccc3n4-c3ccccc3)n2)cc1. The summed E-state index contributed by atoms with van der Waals surface area (Å²) in [7, 11) is 0. The van der Waals surface area contributed by atoms with Crippen molar-refractivity contribution in [3.8, 4) is 62.5 Å². The summed E-state index contributed by atoms with van der Waals surface area (Å²) in [6.45, 7) is 0. The third kappa shape index (κ3) is 5.69. The molecule has 0 fully saturated rings. The summed E-state index contributed by atoms with van der Waals surface area (Å²) in [5.74, 6) is 2.39. The van der Waals surface area contributed by atoms with Crippen molar-refractivity contribution in [1.82, 2.24) is 29.5 Å². The number of fused-ring (bicyclic) bond motifs is 9. The van der Waals surface area contributed by atoms with Crippen molar-refractivity contribution in [3.63, 3.8) is 0 Å². The number of hydrogen-bond donors (Lipinski definition) is 0. The third-order valence-corrected chi connectivity index (χ3v) is 13.1. The molecular weight excluding hydrogens is 793 g/mol. The van der Waals surface area contributed by atoms with Crippen LogP contribution in [0.15, 0.2) is 199 Å². The summed E-state index contributed by atoms with van der Waals surface area (Å²) < 4.78 is 11.3. The van der Waals surface area contributed by atoms with E-state index >= 15 is 0 Å². The molecule has 0 spiro atoms. The fraction of sp³-hybridized carbons (Fsp3) is 0. The van der Waals surface area contributed by atoms with Crippen LogP contribution in [-0.4, -0.2) is 29.5 Å². The maximum Gasteiger partial charge on any atom is 0.164 e. The van der Waals surface area contributed by atoms with Crippen LogP contribution in [0.3, 0.4) is 0 Å². The van der Waals surface area contributed by atoms with Crippen LogP contribution in [0, 0.1) is 0 Å². The molecule has 63 heavy (non-hydrogen) atoms. The summed E-state index contributed by atoms with van der Waals surface area (Å²) in [4.78, 5) is 26.1. The second kappa shape index (κ2) is 14.1. The van der Waals surface area contributed by atoms with E-state index in [1.165, 1.54) is 4.70 Å². The zero-order valence-corrected chi connectivity index (χ0v) is 34.3. The van der Waals surface area contributed by atoms with E-state index < -0.39 is 0 Å². The molecule has 0 amide bonds. The molecule has 13 aromatic rings. The highest BCUT2D eigenvalue weighted by atomic mass is 32.1. The molecule has 13 rings (SSSR count). The number of aromatic nitrogens is 6. The van der Waals surface area contributed by atoms with Crippen molar-refractivity contribution in [1.29, 1.82) is 0 Å². The molecule has 0 atom stereocenters. The predicted molar refractivity (Wildman–Crippen MR) is 257 cm³/mol. The highest BCUT2D eigenvalue weighted by Gasteiger charge is 2.22. The number of nitrogens with zero attached hydrogens (tertiary/aromatic N) is 6. The zero-order chi connectivity index (χ0) is 41.4. The van der Waals surface area contributed by atoms with Crippen molar-refractivity contribution < 1.29 is 4.42 Å². The van der Waals surface area contributed by atoms with Gasteiger partial charge in [-0.15, -0.1) is 11.3 Å². The van der Waals surface area contributed by atoms with Gasteiger partial charge in [0.1, 0.15) is 11.2 Å². The fourth-order valence-electron chi connectivity index (χ4n) is 9.06.